The van der Waals surface area contributed by atoms with Gasteiger partial charge in [-0.25, -0.2) is 4.79 Å². The summed E-state index contributed by atoms with van der Waals surface area (Å²) in [5, 5.41) is 6.30. The minimum absolute atomic E-state index is 0.0647. The second kappa shape index (κ2) is 19.2. The van der Waals surface area contributed by atoms with E-state index in [2.05, 4.69) is 71.4 Å². The van der Waals surface area contributed by atoms with Gasteiger partial charge >= 0.3 is 6.09 Å². The Morgan fingerprint density at radius 2 is 1.64 bits per heavy atom. The van der Waals surface area contributed by atoms with E-state index in [1.165, 1.54) is 0 Å². The molecule has 0 saturated carbocycles. The van der Waals surface area contributed by atoms with E-state index < -0.39 is 12.1 Å². The van der Waals surface area contributed by atoms with Gasteiger partial charge in [-0.3, -0.25) is 15.6 Å². The quantitative estimate of drug-likeness (QED) is 0.0814. The standard InChI is InChI=1S/C40H55N5O5/c1-4-7-23-49-38-26-30(48-24-13-22-45(5-2)6-3)19-20-36(38)43-44-39(46)37(25-29-14-12-21-41-27-29)42-40(47)50-28-35-33-17-10-8-15-31(33)32-16-9-11-18-34(32)35/h8-11,15-20,26,29,35,37,41,43H,4-7,12-14,21-25,27-28H2,1-3H3,(H,42,47)(H,44,46). The highest BCUT2D eigenvalue weighted by Crippen LogP contribution is 2.44. The number of alkyl carbamates (subject to hydrolysis) is 1. The van der Waals surface area contributed by atoms with E-state index in [9.17, 15) is 9.59 Å². The van der Waals surface area contributed by atoms with Gasteiger partial charge in [0, 0.05) is 18.5 Å². The number of nitrogens with one attached hydrogen (secondary N) is 4. The van der Waals surface area contributed by atoms with Crippen LogP contribution < -0.4 is 31.0 Å². The fraction of sp³-hybridized carbons (Fsp3) is 0.500. The molecule has 2 aliphatic rings. The molecule has 4 N–H and O–H groups in total. The van der Waals surface area contributed by atoms with Crippen LogP contribution in [0.25, 0.3) is 11.1 Å². The molecular formula is C40H55N5O5. The maximum Gasteiger partial charge on any atom is 0.407 e. The van der Waals surface area contributed by atoms with Gasteiger partial charge in [-0.15, -0.1) is 0 Å². The number of fused-ring (bicyclic) bond motifs is 3. The third kappa shape index (κ3) is 10.1. The Morgan fingerprint density at radius 3 is 2.32 bits per heavy atom. The summed E-state index contributed by atoms with van der Waals surface area (Å²) in [6, 6.07) is 21.3. The summed E-state index contributed by atoms with van der Waals surface area (Å²) < 4.78 is 18.0. The van der Waals surface area contributed by atoms with Gasteiger partial charge in [0.05, 0.1) is 18.9 Å². The Hall–Kier alpha value is -4.28. The number of benzene rings is 3. The molecule has 1 heterocycles. The zero-order valence-corrected chi connectivity index (χ0v) is 30.0. The van der Waals surface area contributed by atoms with Crippen LogP contribution in [0.1, 0.15) is 76.3 Å². The van der Waals surface area contributed by atoms with E-state index in [0.29, 0.717) is 36.8 Å². The molecule has 270 valence electrons. The van der Waals surface area contributed by atoms with Gasteiger partial charge in [-0.05, 0) is 98.6 Å². The molecule has 0 aromatic heterocycles. The van der Waals surface area contributed by atoms with E-state index in [4.69, 9.17) is 14.2 Å². The lowest BCUT2D eigenvalue weighted by Crippen LogP contribution is -2.50. The molecule has 0 bridgehead atoms. The van der Waals surface area contributed by atoms with Gasteiger partial charge in [-0.2, -0.15) is 0 Å². The predicted molar refractivity (Wildman–Crippen MR) is 199 cm³/mol. The number of rotatable bonds is 19. The maximum atomic E-state index is 13.7. The number of hydrazine groups is 1. The van der Waals surface area contributed by atoms with Crippen LogP contribution in [0.3, 0.4) is 0 Å². The summed E-state index contributed by atoms with van der Waals surface area (Å²) in [5.74, 6) is 1.15. The van der Waals surface area contributed by atoms with Crippen LogP contribution in [0.5, 0.6) is 11.5 Å². The fourth-order valence-electron chi connectivity index (χ4n) is 6.85. The van der Waals surface area contributed by atoms with Crippen molar-refractivity contribution in [3.63, 3.8) is 0 Å². The highest BCUT2D eigenvalue weighted by molar-refractivity contribution is 5.87. The van der Waals surface area contributed by atoms with Crippen LogP contribution in [0, 0.1) is 5.92 Å². The largest absolute Gasteiger partial charge is 0.493 e. The fourth-order valence-corrected chi connectivity index (χ4v) is 6.85. The number of unbranched alkanes of at least 4 members (excludes halogenated alkanes) is 1. The number of carbonyl (C=O) groups excluding carboxylic acids is 2. The van der Waals surface area contributed by atoms with Gasteiger partial charge in [0.25, 0.3) is 5.91 Å². The van der Waals surface area contributed by atoms with Crippen molar-refractivity contribution in [1.29, 1.82) is 0 Å². The molecule has 1 aliphatic carbocycles. The molecule has 0 radical (unpaired) electrons. The Bertz CT molecular complexity index is 1480. The summed E-state index contributed by atoms with van der Waals surface area (Å²) in [6.07, 6.45) is 4.74. The number of carbonyl (C=O) groups is 2. The predicted octanol–water partition coefficient (Wildman–Crippen LogP) is 6.72. The molecule has 2 atom stereocenters. The van der Waals surface area contributed by atoms with Crippen molar-refractivity contribution in [1.82, 2.24) is 21.0 Å². The lowest BCUT2D eigenvalue weighted by molar-refractivity contribution is -0.123. The number of amides is 2. The summed E-state index contributed by atoms with van der Waals surface area (Å²) in [4.78, 5) is 29.4. The highest BCUT2D eigenvalue weighted by Gasteiger charge is 2.31. The molecule has 0 spiro atoms. The molecule has 1 saturated heterocycles. The average molecular weight is 686 g/mol. The van der Waals surface area contributed by atoms with Crippen LogP contribution in [-0.4, -0.2) is 75.5 Å². The molecule has 2 unspecified atom stereocenters. The van der Waals surface area contributed by atoms with E-state index in [0.717, 1.165) is 87.1 Å². The summed E-state index contributed by atoms with van der Waals surface area (Å²) in [6.45, 7) is 12.6. The van der Waals surface area contributed by atoms with Crippen molar-refractivity contribution in [2.45, 2.75) is 71.3 Å². The van der Waals surface area contributed by atoms with Crippen molar-refractivity contribution in [3.8, 4) is 22.6 Å². The van der Waals surface area contributed by atoms with E-state index in [-0.39, 0.29) is 24.3 Å². The van der Waals surface area contributed by atoms with Crippen molar-refractivity contribution in [2.24, 2.45) is 5.92 Å². The van der Waals surface area contributed by atoms with Crippen LogP contribution in [-0.2, 0) is 9.53 Å². The molecule has 3 aromatic carbocycles. The number of anilines is 1. The normalized spacial score (nSPS) is 15.9. The number of piperidine rings is 1. The van der Waals surface area contributed by atoms with Crippen LogP contribution in [0.15, 0.2) is 66.7 Å². The van der Waals surface area contributed by atoms with Gasteiger partial charge < -0.3 is 29.7 Å². The molecule has 50 heavy (non-hydrogen) atoms. The minimum atomic E-state index is -0.791. The second-order valence-corrected chi connectivity index (χ2v) is 13.2. The van der Waals surface area contributed by atoms with Gasteiger partial charge in [0.15, 0.2) is 0 Å². The highest BCUT2D eigenvalue weighted by atomic mass is 16.5. The second-order valence-electron chi connectivity index (χ2n) is 13.2. The number of hydrogen-bond acceptors (Lipinski definition) is 8. The van der Waals surface area contributed by atoms with Crippen LogP contribution >= 0.6 is 0 Å². The van der Waals surface area contributed by atoms with E-state index >= 15 is 0 Å². The number of hydrogen-bond donors (Lipinski definition) is 4. The first-order valence-electron chi connectivity index (χ1n) is 18.5. The average Bonchev–Trinajstić information content (AvgIpc) is 3.47. The summed E-state index contributed by atoms with van der Waals surface area (Å²) in [5.41, 5.74) is 11.1. The Labute approximate surface area is 297 Å². The van der Waals surface area contributed by atoms with Gasteiger partial charge in [0.1, 0.15) is 24.1 Å². The third-order valence-corrected chi connectivity index (χ3v) is 9.73. The van der Waals surface area contributed by atoms with E-state index in [1.807, 2.05) is 42.5 Å². The number of ether oxygens (including phenoxy) is 3. The lowest BCUT2D eigenvalue weighted by atomic mass is 9.92. The van der Waals surface area contributed by atoms with Gasteiger partial charge in [0.2, 0.25) is 0 Å². The van der Waals surface area contributed by atoms with Crippen molar-refractivity contribution in [3.05, 3.63) is 77.9 Å². The number of nitrogens with zero attached hydrogens (tertiary/aromatic N) is 1. The third-order valence-electron chi connectivity index (χ3n) is 9.73. The van der Waals surface area contributed by atoms with Crippen molar-refractivity contribution in [2.75, 3.05) is 58.0 Å². The van der Waals surface area contributed by atoms with E-state index in [1.54, 1.807) is 0 Å². The lowest BCUT2D eigenvalue weighted by Gasteiger charge is -2.27. The molecule has 3 aromatic rings. The Balaban J connectivity index is 1.21. The molecular weight excluding hydrogens is 630 g/mol. The zero-order chi connectivity index (χ0) is 35.1. The van der Waals surface area contributed by atoms with Gasteiger partial charge in [-0.1, -0.05) is 75.7 Å². The van der Waals surface area contributed by atoms with Crippen molar-refractivity contribution >= 4 is 17.7 Å². The Kier molecular flexibility index (Phi) is 14.2. The first kappa shape index (κ1) is 37.0. The first-order chi connectivity index (χ1) is 24.5. The monoisotopic (exact) mass is 685 g/mol. The minimum Gasteiger partial charge on any atom is -0.493 e. The molecule has 1 fully saturated rings. The molecule has 2 amide bonds. The molecule has 5 rings (SSSR count). The zero-order valence-electron chi connectivity index (χ0n) is 30.0. The smallest absolute Gasteiger partial charge is 0.407 e. The molecule has 10 nitrogen and oxygen atoms in total. The first-order valence-corrected chi connectivity index (χ1v) is 18.5. The maximum absolute atomic E-state index is 13.7. The van der Waals surface area contributed by atoms with Crippen LogP contribution in [0.2, 0.25) is 0 Å². The Morgan fingerprint density at radius 1 is 0.920 bits per heavy atom. The molecule has 10 heteroatoms. The topological polar surface area (TPSA) is 113 Å². The van der Waals surface area contributed by atoms with Crippen molar-refractivity contribution < 1.29 is 23.8 Å². The van der Waals surface area contributed by atoms with Crippen LogP contribution in [0.4, 0.5) is 10.5 Å². The molecule has 1 aliphatic heterocycles. The SMILES string of the molecule is CCCCOc1cc(OCCCN(CC)CC)ccc1NNC(=O)C(CC1CCCNC1)NC(=O)OCC1c2ccccc2-c2ccccc21. The summed E-state index contributed by atoms with van der Waals surface area (Å²) >= 11 is 0. The summed E-state index contributed by atoms with van der Waals surface area (Å²) in [7, 11) is 0.